The minimum atomic E-state index is -1.12. The van der Waals surface area contributed by atoms with E-state index in [1.165, 1.54) is 5.69 Å². The number of anilines is 1. The number of piperazine rings is 1. The number of Topliss-reactive ketones (excluding diaryl/α,β-unsaturated/α-hetero) is 1. The fourth-order valence-electron chi connectivity index (χ4n) is 4.47. The van der Waals surface area contributed by atoms with E-state index in [1.807, 2.05) is 47.8 Å². The Morgan fingerprint density at radius 3 is 2.42 bits per heavy atom. The molecule has 1 aliphatic rings. The highest BCUT2D eigenvalue weighted by Gasteiger charge is 2.36. The van der Waals surface area contributed by atoms with E-state index in [0.29, 0.717) is 5.56 Å². The molecule has 0 saturated carbocycles. The van der Waals surface area contributed by atoms with Gasteiger partial charge in [-0.1, -0.05) is 42.5 Å². The number of hydrogen-bond acceptors (Lipinski definition) is 5. The molecular formula is C25H25N3O2S. The number of carbonyl (C=O) groups is 1. The molecule has 1 saturated heterocycles. The summed E-state index contributed by atoms with van der Waals surface area (Å²) in [7, 11) is 0. The van der Waals surface area contributed by atoms with Gasteiger partial charge in [0.2, 0.25) is 0 Å². The molecular weight excluding hydrogens is 406 g/mol. The predicted molar refractivity (Wildman–Crippen MR) is 126 cm³/mol. The molecule has 4 aromatic rings. The Morgan fingerprint density at radius 2 is 1.68 bits per heavy atom. The van der Waals surface area contributed by atoms with Crippen LogP contribution in [0.2, 0.25) is 0 Å². The Balaban J connectivity index is 1.39. The van der Waals surface area contributed by atoms with Crippen molar-refractivity contribution in [3.8, 4) is 0 Å². The minimum Gasteiger partial charge on any atom is -0.383 e. The first-order chi connectivity index (χ1) is 15.2. The van der Waals surface area contributed by atoms with Gasteiger partial charge in [-0.15, -0.1) is 11.3 Å². The number of fused-ring (bicyclic) bond motifs is 1. The lowest BCUT2D eigenvalue weighted by Crippen LogP contribution is -2.51. The van der Waals surface area contributed by atoms with Crippen molar-refractivity contribution < 1.29 is 9.90 Å². The highest BCUT2D eigenvalue weighted by molar-refractivity contribution is 7.10. The van der Waals surface area contributed by atoms with Crippen molar-refractivity contribution in [2.45, 2.75) is 12.1 Å². The lowest BCUT2D eigenvalue weighted by Gasteiger charge is -2.41. The number of ketones is 1. The molecule has 1 fully saturated rings. The molecule has 2 aromatic carbocycles. The molecule has 0 aliphatic carbocycles. The quantitative estimate of drug-likeness (QED) is 0.446. The predicted octanol–water partition coefficient (Wildman–Crippen LogP) is 4.34. The maximum atomic E-state index is 13.4. The van der Waals surface area contributed by atoms with Gasteiger partial charge in [0, 0.05) is 59.4 Å². The summed E-state index contributed by atoms with van der Waals surface area (Å²) in [6, 6.07) is 21.8. The molecule has 0 bridgehead atoms. The number of hydrogen-bond donors (Lipinski definition) is 2. The van der Waals surface area contributed by atoms with Crippen LogP contribution in [0.15, 0.2) is 78.3 Å². The number of carbonyl (C=O) groups excluding carboxylic acids is 1. The standard InChI is InChI=1S/C25H25N3O2S/c29-24(20-17-26-21-10-5-4-9-19(20)21)25(30)23(22-11-6-16-31-22)28-14-12-27(13-15-28)18-7-2-1-3-8-18/h1-11,16-17,23,25-26,30H,12-15H2/t23-,25-/m0/s1. The van der Waals surface area contributed by atoms with E-state index in [-0.39, 0.29) is 11.8 Å². The second kappa shape index (κ2) is 8.67. The van der Waals surface area contributed by atoms with Crippen LogP contribution < -0.4 is 4.90 Å². The van der Waals surface area contributed by atoms with Crippen LogP contribution in [-0.2, 0) is 0 Å². The Kier molecular flexibility index (Phi) is 5.59. The molecule has 0 amide bonds. The number of nitrogens with zero attached hydrogens (tertiary/aromatic N) is 2. The number of thiophene rings is 1. The number of aliphatic hydroxyl groups is 1. The molecule has 2 N–H and O–H groups in total. The summed E-state index contributed by atoms with van der Waals surface area (Å²) in [5.74, 6) is -0.235. The Hall–Kier alpha value is -2.93. The van der Waals surface area contributed by atoms with Gasteiger partial charge >= 0.3 is 0 Å². The molecule has 3 heterocycles. The third kappa shape index (κ3) is 3.90. The van der Waals surface area contributed by atoms with Crippen LogP contribution >= 0.6 is 11.3 Å². The fraction of sp³-hybridized carbons (Fsp3) is 0.240. The number of nitrogens with one attached hydrogen (secondary N) is 1. The molecule has 2 atom stereocenters. The summed E-state index contributed by atoms with van der Waals surface area (Å²) >= 11 is 1.59. The third-order valence-electron chi connectivity index (χ3n) is 6.09. The van der Waals surface area contributed by atoms with Gasteiger partial charge < -0.3 is 15.0 Å². The zero-order valence-electron chi connectivity index (χ0n) is 17.1. The average molecular weight is 432 g/mol. The molecule has 0 radical (unpaired) electrons. The fourth-order valence-corrected chi connectivity index (χ4v) is 5.36. The third-order valence-corrected chi connectivity index (χ3v) is 7.03. The lowest BCUT2D eigenvalue weighted by atomic mass is 9.97. The van der Waals surface area contributed by atoms with Gasteiger partial charge in [0.15, 0.2) is 5.78 Å². The summed E-state index contributed by atoms with van der Waals surface area (Å²) in [5.41, 5.74) is 2.67. The van der Waals surface area contributed by atoms with Crippen LogP contribution in [0, 0.1) is 0 Å². The molecule has 0 spiro atoms. The lowest BCUT2D eigenvalue weighted by molar-refractivity contribution is 0.0376. The first kappa shape index (κ1) is 20.0. The van der Waals surface area contributed by atoms with E-state index in [2.05, 4.69) is 39.0 Å². The highest BCUT2D eigenvalue weighted by Crippen LogP contribution is 2.32. The monoisotopic (exact) mass is 431 g/mol. The van der Waals surface area contributed by atoms with Crippen LogP contribution in [0.4, 0.5) is 5.69 Å². The van der Waals surface area contributed by atoms with Crippen molar-refractivity contribution in [3.63, 3.8) is 0 Å². The van der Waals surface area contributed by atoms with Crippen LogP contribution in [0.3, 0.4) is 0 Å². The summed E-state index contributed by atoms with van der Waals surface area (Å²) < 4.78 is 0. The van der Waals surface area contributed by atoms with E-state index in [4.69, 9.17) is 0 Å². The van der Waals surface area contributed by atoms with Gasteiger partial charge in [0.05, 0.1) is 6.04 Å². The minimum absolute atomic E-state index is 0.235. The van der Waals surface area contributed by atoms with E-state index >= 15 is 0 Å². The summed E-state index contributed by atoms with van der Waals surface area (Å²) in [6.07, 6.45) is 0.593. The Morgan fingerprint density at radius 1 is 0.935 bits per heavy atom. The summed E-state index contributed by atoms with van der Waals surface area (Å²) in [6.45, 7) is 3.30. The highest BCUT2D eigenvalue weighted by atomic mass is 32.1. The molecule has 1 aliphatic heterocycles. The number of aromatic nitrogens is 1. The number of rotatable bonds is 6. The zero-order valence-corrected chi connectivity index (χ0v) is 18.0. The van der Waals surface area contributed by atoms with Crippen molar-refractivity contribution >= 4 is 33.7 Å². The SMILES string of the molecule is O=C(c1c[nH]c2ccccc12)[C@@H](O)[C@H](c1cccs1)N1CCN(c2ccccc2)CC1. The second-order valence-electron chi connectivity index (χ2n) is 7.88. The van der Waals surface area contributed by atoms with Gasteiger partial charge in [-0.05, 0) is 29.6 Å². The number of para-hydroxylation sites is 2. The molecule has 158 valence electrons. The second-order valence-corrected chi connectivity index (χ2v) is 8.86. The smallest absolute Gasteiger partial charge is 0.195 e. The number of aromatic amines is 1. The van der Waals surface area contributed by atoms with Gasteiger partial charge in [0.1, 0.15) is 6.10 Å². The molecule has 5 nitrogen and oxygen atoms in total. The summed E-state index contributed by atoms with van der Waals surface area (Å²) in [5, 5.41) is 14.2. The molecule has 5 rings (SSSR count). The van der Waals surface area contributed by atoms with Crippen LogP contribution in [0.5, 0.6) is 0 Å². The zero-order chi connectivity index (χ0) is 21.2. The van der Waals surface area contributed by atoms with Crippen LogP contribution in [-0.4, -0.2) is 53.1 Å². The molecule has 31 heavy (non-hydrogen) atoms. The van der Waals surface area contributed by atoms with Crippen molar-refractivity contribution in [2.75, 3.05) is 31.1 Å². The topological polar surface area (TPSA) is 59.6 Å². The number of H-pyrrole nitrogens is 1. The van der Waals surface area contributed by atoms with Crippen LogP contribution in [0.25, 0.3) is 10.9 Å². The first-order valence-corrected chi connectivity index (χ1v) is 11.5. The molecule has 6 heteroatoms. The van der Waals surface area contributed by atoms with Crippen molar-refractivity contribution in [2.24, 2.45) is 0 Å². The van der Waals surface area contributed by atoms with Gasteiger partial charge in [-0.3, -0.25) is 9.69 Å². The Bertz CT molecular complexity index is 1150. The van der Waals surface area contributed by atoms with Gasteiger partial charge in [-0.2, -0.15) is 0 Å². The average Bonchev–Trinajstić information content (AvgIpc) is 3.50. The maximum Gasteiger partial charge on any atom is 0.195 e. The number of aliphatic hydroxyl groups excluding tert-OH is 1. The van der Waals surface area contributed by atoms with E-state index in [9.17, 15) is 9.90 Å². The largest absolute Gasteiger partial charge is 0.383 e. The number of benzene rings is 2. The maximum absolute atomic E-state index is 13.4. The summed E-state index contributed by atoms with van der Waals surface area (Å²) in [4.78, 5) is 22.2. The van der Waals surface area contributed by atoms with E-state index in [1.54, 1.807) is 17.5 Å². The first-order valence-electron chi connectivity index (χ1n) is 10.6. The van der Waals surface area contributed by atoms with Gasteiger partial charge in [0.25, 0.3) is 0 Å². The van der Waals surface area contributed by atoms with Crippen molar-refractivity contribution in [1.82, 2.24) is 9.88 Å². The van der Waals surface area contributed by atoms with Gasteiger partial charge in [-0.25, -0.2) is 0 Å². The molecule has 0 unspecified atom stereocenters. The molecule has 2 aromatic heterocycles. The normalized spacial score (nSPS) is 17.0. The Labute approximate surface area is 185 Å². The van der Waals surface area contributed by atoms with Crippen LogP contribution in [0.1, 0.15) is 21.3 Å². The van der Waals surface area contributed by atoms with Crippen molar-refractivity contribution in [3.05, 3.63) is 88.7 Å². The van der Waals surface area contributed by atoms with E-state index in [0.717, 1.165) is 42.0 Å². The van der Waals surface area contributed by atoms with Crippen molar-refractivity contribution in [1.29, 1.82) is 0 Å². The van der Waals surface area contributed by atoms with E-state index < -0.39 is 6.10 Å².